The molecule has 0 atom stereocenters. The first-order valence-electron chi connectivity index (χ1n) is 8.54. The Bertz CT molecular complexity index is 878. The minimum absolute atomic E-state index is 0.0937. The lowest BCUT2D eigenvalue weighted by Crippen LogP contribution is -2.29. The SMILES string of the molecule is COc1cc(NC(=O)c2ocnc2C(F)F)c(C(=O)N2CCCC2)cc1OC. The molecule has 0 saturated carbocycles. The first-order chi connectivity index (χ1) is 13.5. The zero-order chi connectivity index (χ0) is 20.3. The van der Waals surface area contributed by atoms with Gasteiger partial charge in [-0.2, -0.15) is 0 Å². The number of alkyl halides is 2. The van der Waals surface area contributed by atoms with Gasteiger partial charge in [-0.15, -0.1) is 0 Å². The fourth-order valence-corrected chi connectivity index (χ4v) is 3.01. The summed E-state index contributed by atoms with van der Waals surface area (Å²) in [6, 6.07) is 2.85. The number of oxazole rings is 1. The second-order valence-corrected chi connectivity index (χ2v) is 6.07. The van der Waals surface area contributed by atoms with E-state index in [9.17, 15) is 18.4 Å². The number of hydrogen-bond donors (Lipinski definition) is 1. The van der Waals surface area contributed by atoms with E-state index in [-0.39, 0.29) is 22.9 Å². The number of hydrogen-bond acceptors (Lipinski definition) is 6. The Morgan fingerprint density at radius 3 is 2.43 bits per heavy atom. The highest BCUT2D eigenvalue weighted by atomic mass is 19.3. The van der Waals surface area contributed by atoms with E-state index in [0.29, 0.717) is 18.8 Å². The van der Waals surface area contributed by atoms with Crippen molar-refractivity contribution in [2.24, 2.45) is 0 Å². The zero-order valence-corrected chi connectivity index (χ0v) is 15.3. The fourth-order valence-electron chi connectivity index (χ4n) is 3.01. The van der Waals surface area contributed by atoms with Gasteiger partial charge in [0.1, 0.15) is 0 Å². The van der Waals surface area contributed by atoms with Gasteiger partial charge in [-0.3, -0.25) is 9.59 Å². The summed E-state index contributed by atoms with van der Waals surface area (Å²) in [6.45, 7) is 1.19. The number of rotatable bonds is 6. The lowest BCUT2D eigenvalue weighted by molar-refractivity contribution is 0.0793. The number of benzene rings is 1. The molecular weight excluding hydrogens is 376 g/mol. The molecule has 1 aliphatic rings. The molecule has 8 nitrogen and oxygen atoms in total. The average Bonchev–Trinajstić information content (AvgIpc) is 3.38. The molecule has 2 heterocycles. The number of carbonyl (C=O) groups excluding carboxylic acids is 2. The van der Waals surface area contributed by atoms with E-state index in [4.69, 9.17) is 13.9 Å². The lowest BCUT2D eigenvalue weighted by Gasteiger charge is -2.20. The van der Waals surface area contributed by atoms with E-state index >= 15 is 0 Å². The largest absolute Gasteiger partial charge is 0.493 e. The van der Waals surface area contributed by atoms with Crippen molar-refractivity contribution in [1.82, 2.24) is 9.88 Å². The molecule has 10 heteroatoms. The highest BCUT2D eigenvalue weighted by molar-refractivity contribution is 6.08. The standard InChI is InChI=1S/C18H19F2N3O5/c1-26-12-7-10(18(25)23-5-3-4-6-23)11(8-13(12)27-2)22-17(24)15-14(16(19)20)21-9-28-15/h7-9,16H,3-6H2,1-2H3,(H,22,24). The summed E-state index contributed by atoms with van der Waals surface area (Å²) < 4.78 is 41.2. The maximum atomic E-state index is 13.0. The number of amides is 2. The van der Waals surface area contributed by atoms with Gasteiger partial charge < -0.3 is 24.1 Å². The van der Waals surface area contributed by atoms with Crippen molar-refractivity contribution >= 4 is 17.5 Å². The van der Waals surface area contributed by atoms with Crippen LogP contribution < -0.4 is 14.8 Å². The van der Waals surface area contributed by atoms with E-state index in [1.807, 2.05) is 0 Å². The van der Waals surface area contributed by atoms with Crippen LogP contribution >= 0.6 is 0 Å². The Morgan fingerprint density at radius 1 is 1.18 bits per heavy atom. The third-order valence-corrected chi connectivity index (χ3v) is 4.40. The van der Waals surface area contributed by atoms with Crippen LogP contribution in [0.1, 0.15) is 45.9 Å². The molecule has 2 aromatic rings. The summed E-state index contributed by atoms with van der Waals surface area (Å²) in [5, 5.41) is 2.45. The van der Waals surface area contributed by atoms with E-state index in [1.54, 1.807) is 4.90 Å². The first kappa shape index (κ1) is 19.6. The minimum atomic E-state index is -2.98. The molecule has 1 aromatic carbocycles. The number of nitrogens with one attached hydrogen (secondary N) is 1. The highest BCUT2D eigenvalue weighted by Gasteiger charge is 2.28. The number of nitrogens with zero attached hydrogens (tertiary/aromatic N) is 2. The summed E-state index contributed by atoms with van der Waals surface area (Å²) in [7, 11) is 2.82. The minimum Gasteiger partial charge on any atom is -0.493 e. The molecule has 0 unspecified atom stereocenters. The smallest absolute Gasteiger partial charge is 0.293 e. The summed E-state index contributed by atoms with van der Waals surface area (Å²) in [4.78, 5) is 30.4. The maximum absolute atomic E-state index is 13.0. The lowest BCUT2D eigenvalue weighted by atomic mass is 10.1. The molecule has 1 saturated heterocycles. The van der Waals surface area contributed by atoms with E-state index in [2.05, 4.69) is 10.3 Å². The number of ether oxygens (including phenoxy) is 2. The van der Waals surface area contributed by atoms with Crippen LogP contribution in [0.25, 0.3) is 0 Å². The van der Waals surface area contributed by atoms with Crippen molar-refractivity contribution in [2.45, 2.75) is 19.3 Å². The van der Waals surface area contributed by atoms with Crippen LogP contribution in [0.2, 0.25) is 0 Å². The Hall–Kier alpha value is -3.17. The molecule has 1 aliphatic heterocycles. The zero-order valence-electron chi connectivity index (χ0n) is 15.3. The summed E-state index contributed by atoms with van der Waals surface area (Å²) in [5.74, 6) is -1.31. The molecule has 2 amide bonds. The van der Waals surface area contributed by atoms with Gasteiger partial charge in [-0.05, 0) is 18.9 Å². The molecule has 28 heavy (non-hydrogen) atoms. The van der Waals surface area contributed by atoms with Crippen molar-refractivity contribution in [1.29, 1.82) is 0 Å². The topological polar surface area (TPSA) is 93.9 Å². The molecular formula is C18H19F2N3O5. The van der Waals surface area contributed by atoms with Crippen molar-refractivity contribution < 1.29 is 32.3 Å². The van der Waals surface area contributed by atoms with Crippen LogP contribution in [-0.2, 0) is 0 Å². The highest BCUT2D eigenvalue weighted by Crippen LogP contribution is 2.35. The number of methoxy groups -OCH3 is 2. The molecule has 1 N–H and O–H groups in total. The normalized spacial score (nSPS) is 13.7. The summed E-state index contributed by atoms with van der Waals surface area (Å²) in [6.07, 6.45) is -0.440. The number of likely N-dealkylation sites (tertiary alicyclic amines) is 1. The van der Waals surface area contributed by atoms with Gasteiger partial charge in [-0.25, -0.2) is 13.8 Å². The molecule has 0 bridgehead atoms. The van der Waals surface area contributed by atoms with Gasteiger partial charge >= 0.3 is 0 Å². The number of aromatic nitrogens is 1. The second-order valence-electron chi connectivity index (χ2n) is 6.07. The Balaban J connectivity index is 1.99. The Labute approximate surface area is 159 Å². The van der Waals surface area contributed by atoms with Crippen molar-refractivity contribution in [3.05, 3.63) is 35.5 Å². The molecule has 0 spiro atoms. The molecule has 0 aliphatic carbocycles. The first-order valence-corrected chi connectivity index (χ1v) is 8.54. The monoisotopic (exact) mass is 395 g/mol. The van der Waals surface area contributed by atoms with Gasteiger partial charge in [-0.1, -0.05) is 0 Å². The van der Waals surface area contributed by atoms with Gasteiger partial charge in [0.2, 0.25) is 5.76 Å². The van der Waals surface area contributed by atoms with Gasteiger partial charge in [0, 0.05) is 19.2 Å². The number of anilines is 1. The molecule has 0 radical (unpaired) electrons. The van der Waals surface area contributed by atoms with E-state index in [0.717, 1.165) is 19.2 Å². The summed E-state index contributed by atoms with van der Waals surface area (Å²) >= 11 is 0. The van der Waals surface area contributed by atoms with Gasteiger partial charge in [0.25, 0.3) is 18.2 Å². The predicted octanol–water partition coefficient (Wildman–Crippen LogP) is 3.12. The number of carbonyl (C=O) groups is 2. The van der Waals surface area contributed by atoms with E-state index in [1.165, 1.54) is 26.4 Å². The van der Waals surface area contributed by atoms with Crippen LogP contribution in [0.15, 0.2) is 22.9 Å². The van der Waals surface area contributed by atoms with Gasteiger partial charge in [0.15, 0.2) is 23.6 Å². The van der Waals surface area contributed by atoms with E-state index < -0.39 is 23.8 Å². The Kier molecular flexibility index (Phi) is 5.76. The third-order valence-electron chi connectivity index (χ3n) is 4.40. The average molecular weight is 395 g/mol. The van der Waals surface area contributed by atoms with Gasteiger partial charge in [0.05, 0.1) is 25.5 Å². The molecule has 150 valence electrons. The van der Waals surface area contributed by atoms with Crippen LogP contribution in [0, 0.1) is 0 Å². The van der Waals surface area contributed by atoms with Crippen LogP contribution in [0.5, 0.6) is 11.5 Å². The second kappa shape index (κ2) is 8.24. The van der Waals surface area contributed by atoms with Crippen molar-refractivity contribution in [3.63, 3.8) is 0 Å². The van der Waals surface area contributed by atoms with Crippen LogP contribution in [-0.4, -0.2) is 49.0 Å². The van der Waals surface area contributed by atoms with Crippen LogP contribution in [0.4, 0.5) is 14.5 Å². The molecule has 3 rings (SSSR count). The Morgan fingerprint density at radius 2 is 1.82 bits per heavy atom. The molecule has 1 fully saturated rings. The van der Waals surface area contributed by atoms with Crippen molar-refractivity contribution in [2.75, 3.05) is 32.6 Å². The molecule has 1 aromatic heterocycles. The van der Waals surface area contributed by atoms with Crippen LogP contribution in [0.3, 0.4) is 0 Å². The third kappa shape index (κ3) is 3.75. The quantitative estimate of drug-likeness (QED) is 0.808. The predicted molar refractivity (Wildman–Crippen MR) is 94.1 cm³/mol. The summed E-state index contributed by atoms with van der Waals surface area (Å²) in [5.41, 5.74) is -0.521. The number of halogens is 2. The van der Waals surface area contributed by atoms with Crippen molar-refractivity contribution in [3.8, 4) is 11.5 Å². The maximum Gasteiger partial charge on any atom is 0.293 e. The fraction of sp³-hybridized carbons (Fsp3) is 0.389.